The van der Waals surface area contributed by atoms with Gasteiger partial charge in [0.25, 0.3) is 0 Å². The Labute approximate surface area is 107 Å². The van der Waals surface area contributed by atoms with E-state index in [4.69, 9.17) is 15.2 Å². The smallest absolute Gasteiger partial charge is 0.163 e. The normalized spacial score (nSPS) is 17.0. The van der Waals surface area contributed by atoms with Crippen LogP contribution < -0.4 is 15.2 Å². The largest absolute Gasteiger partial charge is 0.493 e. The molecule has 0 amide bonds. The monoisotopic (exact) mass is 252 g/mol. The molecule has 2 rings (SSSR count). The first kappa shape index (κ1) is 13.0. The van der Waals surface area contributed by atoms with E-state index >= 15 is 0 Å². The van der Waals surface area contributed by atoms with Crippen LogP contribution >= 0.6 is 0 Å². The molecule has 100 valence electrons. The van der Waals surface area contributed by atoms with E-state index in [1.54, 1.807) is 25.3 Å². The number of ether oxygens (including phenoxy) is 2. The summed E-state index contributed by atoms with van der Waals surface area (Å²) in [5.74, 6) is 1.19. The average molecular weight is 252 g/mol. The summed E-state index contributed by atoms with van der Waals surface area (Å²) in [5.41, 5.74) is 6.31. The van der Waals surface area contributed by atoms with Crippen molar-refractivity contribution >= 4 is 5.69 Å². The van der Waals surface area contributed by atoms with Gasteiger partial charge in [0.15, 0.2) is 11.5 Å². The molecule has 0 aromatic heterocycles. The van der Waals surface area contributed by atoms with Crippen LogP contribution in [0.4, 0.5) is 5.69 Å². The second-order valence-electron chi connectivity index (χ2n) is 4.53. The first-order valence-corrected chi connectivity index (χ1v) is 6.16. The van der Waals surface area contributed by atoms with Gasteiger partial charge in [0.05, 0.1) is 7.11 Å². The molecule has 18 heavy (non-hydrogen) atoms. The van der Waals surface area contributed by atoms with E-state index in [-0.39, 0.29) is 6.61 Å². The SMILES string of the molecule is COc1ccc(N)cc1OC[C@H](O)CN1CCC1. The molecule has 1 heterocycles. The summed E-state index contributed by atoms with van der Waals surface area (Å²) in [6, 6.07) is 5.21. The minimum Gasteiger partial charge on any atom is -0.493 e. The van der Waals surface area contributed by atoms with Crippen molar-refractivity contribution in [1.29, 1.82) is 0 Å². The van der Waals surface area contributed by atoms with Crippen LogP contribution in [0, 0.1) is 0 Å². The van der Waals surface area contributed by atoms with Crippen LogP contribution in [-0.4, -0.2) is 49.5 Å². The van der Waals surface area contributed by atoms with E-state index in [0.29, 0.717) is 23.7 Å². The zero-order valence-electron chi connectivity index (χ0n) is 10.6. The standard InChI is InChI=1S/C13H20N2O3/c1-17-12-4-3-10(14)7-13(12)18-9-11(16)8-15-5-2-6-15/h3-4,7,11,16H,2,5-6,8-9,14H2,1H3/t11-/m1/s1. The van der Waals surface area contributed by atoms with Crippen molar-refractivity contribution in [3.8, 4) is 11.5 Å². The summed E-state index contributed by atoms with van der Waals surface area (Å²) in [4.78, 5) is 2.20. The number of rotatable bonds is 6. The summed E-state index contributed by atoms with van der Waals surface area (Å²) in [6.07, 6.45) is 0.729. The van der Waals surface area contributed by atoms with Gasteiger partial charge in [0.2, 0.25) is 0 Å². The molecule has 0 bridgehead atoms. The second kappa shape index (κ2) is 5.93. The predicted molar refractivity (Wildman–Crippen MR) is 70.0 cm³/mol. The van der Waals surface area contributed by atoms with Crippen molar-refractivity contribution in [2.75, 3.05) is 39.1 Å². The molecule has 0 aliphatic carbocycles. The molecular formula is C13H20N2O3. The molecule has 5 heteroatoms. The van der Waals surface area contributed by atoms with Crippen LogP contribution in [0.3, 0.4) is 0 Å². The zero-order valence-corrected chi connectivity index (χ0v) is 10.6. The number of benzene rings is 1. The van der Waals surface area contributed by atoms with E-state index in [1.807, 2.05) is 0 Å². The number of aliphatic hydroxyl groups excluding tert-OH is 1. The molecule has 1 saturated heterocycles. The van der Waals surface area contributed by atoms with Crippen molar-refractivity contribution in [1.82, 2.24) is 4.90 Å². The van der Waals surface area contributed by atoms with Crippen LogP contribution in [0.1, 0.15) is 6.42 Å². The number of anilines is 1. The van der Waals surface area contributed by atoms with Crippen LogP contribution in [-0.2, 0) is 0 Å². The number of hydrogen-bond donors (Lipinski definition) is 2. The summed E-state index contributed by atoms with van der Waals surface area (Å²) in [7, 11) is 1.58. The molecule has 0 saturated carbocycles. The number of β-amino-alcohol motifs (C(OH)–C–C–N with tert-alkyl or cyclic N) is 1. The fourth-order valence-corrected chi connectivity index (χ4v) is 1.91. The minimum absolute atomic E-state index is 0.246. The second-order valence-corrected chi connectivity index (χ2v) is 4.53. The number of nitrogen functional groups attached to an aromatic ring is 1. The average Bonchev–Trinajstić information content (AvgIpc) is 2.31. The van der Waals surface area contributed by atoms with Crippen LogP contribution in [0.5, 0.6) is 11.5 Å². The Bertz CT molecular complexity index is 394. The fraction of sp³-hybridized carbons (Fsp3) is 0.538. The third-order valence-electron chi connectivity index (χ3n) is 3.04. The van der Waals surface area contributed by atoms with Crippen LogP contribution in [0.2, 0.25) is 0 Å². The topological polar surface area (TPSA) is 68.0 Å². The molecule has 5 nitrogen and oxygen atoms in total. The van der Waals surface area contributed by atoms with Gasteiger partial charge in [-0.25, -0.2) is 0 Å². The van der Waals surface area contributed by atoms with Crippen molar-refractivity contribution in [2.45, 2.75) is 12.5 Å². The van der Waals surface area contributed by atoms with Gasteiger partial charge in [0.1, 0.15) is 12.7 Å². The number of nitrogens with zero attached hydrogens (tertiary/aromatic N) is 1. The lowest BCUT2D eigenvalue weighted by Gasteiger charge is -2.32. The van der Waals surface area contributed by atoms with E-state index in [2.05, 4.69) is 4.90 Å². The molecular weight excluding hydrogens is 232 g/mol. The highest BCUT2D eigenvalue weighted by molar-refractivity contribution is 5.51. The number of likely N-dealkylation sites (tertiary alicyclic amines) is 1. The number of hydrogen-bond acceptors (Lipinski definition) is 5. The van der Waals surface area contributed by atoms with Crippen molar-refractivity contribution in [3.63, 3.8) is 0 Å². The van der Waals surface area contributed by atoms with Gasteiger partial charge in [-0.2, -0.15) is 0 Å². The van der Waals surface area contributed by atoms with E-state index in [0.717, 1.165) is 13.1 Å². The Kier molecular flexibility index (Phi) is 4.28. The Balaban J connectivity index is 1.86. The van der Waals surface area contributed by atoms with Gasteiger partial charge in [-0.15, -0.1) is 0 Å². The van der Waals surface area contributed by atoms with Crippen LogP contribution in [0.25, 0.3) is 0 Å². The molecule has 1 aliphatic rings. The Morgan fingerprint density at radius 1 is 1.39 bits per heavy atom. The van der Waals surface area contributed by atoms with Crippen LogP contribution in [0.15, 0.2) is 18.2 Å². The van der Waals surface area contributed by atoms with Gasteiger partial charge >= 0.3 is 0 Å². The lowest BCUT2D eigenvalue weighted by Crippen LogP contribution is -2.43. The maximum absolute atomic E-state index is 9.84. The predicted octanol–water partition coefficient (Wildman–Crippen LogP) is 0.723. The summed E-state index contributed by atoms with van der Waals surface area (Å²) >= 11 is 0. The van der Waals surface area contributed by atoms with Crippen molar-refractivity contribution in [3.05, 3.63) is 18.2 Å². The van der Waals surface area contributed by atoms with Gasteiger partial charge in [-0.05, 0) is 31.6 Å². The molecule has 1 aromatic rings. The van der Waals surface area contributed by atoms with E-state index in [1.165, 1.54) is 6.42 Å². The first-order valence-electron chi connectivity index (χ1n) is 6.16. The lowest BCUT2D eigenvalue weighted by atomic mass is 10.2. The van der Waals surface area contributed by atoms with Crippen molar-refractivity contribution in [2.24, 2.45) is 0 Å². The maximum Gasteiger partial charge on any atom is 0.163 e. The highest BCUT2D eigenvalue weighted by Gasteiger charge is 2.18. The number of methoxy groups -OCH3 is 1. The summed E-state index contributed by atoms with van der Waals surface area (Å²) < 4.78 is 10.7. The Hall–Kier alpha value is -1.46. The lowest BCUT2D eigenvalue weighted by molar-refractivity contribution is 0.0460. The van der Waals surface area contributed by atoms with Gasteiger partial charge in [-0.3, -0.25) is 0 Å². The molecule has 0 radical (unpaired) electrons. The Morgan fingerprint density at radius 3 is 2.78 bits per heavy atom. The van der Waals surface area contributed by atoms with E-state index < -0.39 is 6.10 Å². The van der Waals surface area contributed by atoms with Gasteiger partial charge in [0, 0.05) is 18.3 Å². The molecule has 1 aliphatic heterocycles. The number of nitrogens with two attached hydrogens (primary N) is 1. The van der Waals surface area contributed by atoms with Gasteiger partial charge < -0.3 is 25.2 Å². The van der Waals surface area contributed by atoms with E-state index in [9.17, 15) is 5.11 Å². The Morgan fingerprint density at radius 2 is 2.17 bits per heavy atom. The quantitative estimate of drug-likeness (QED) is 0.730. The van der Waals surface area contributed by atoms with Crippen molar-refractivity contribution < 1.29 is 14.6 Å². The third-order valence-corrected chi connectivity index (χ3v) is 3.04. The maximum atomic E-state index is 9.84. The third kappa shape index (κ3) is 3.27. The molecule has 1 atom stereocenters. The molecule has 0 unspecified atom stereocenters. The summed E-state index contributed by atoms with van der Waals surface area (Å²) in [5, 5.41) is 9.84. The highest BCUT2D eigenvalue weighted by atomic mass is 16.5. The molecule has 1 fully saturated rings. The summed E-state index contributed by atoms with van der Waals surface area (Å²) in [6.45, 7) is 3.04. The molecule has 0 spiro atoms. The minimum atomic E-state index is -0.489. The zero-order chi connectivity index (χ0) is 13.0. The number of aliphatic hydroxyl groups is 1. The first-order chi connectivity index (χ1) is 8.69. The van der Waals surface area contributed by atoms with Gasteiger partial charge in [-0.1, -0.05) is 0 Å². The molecule has 3 N–H and O–H groups in total. The fourth-order valence-electron chi connectivity index (χ4n) is 1.91. The molecule has 1 aromatic carbocycles. The highest BCUT2D eigenvalue weighted by Crippen LogP contribution is 2.29.